The van der Waals surface area contributed by atoms with E-state index in [1.54, 1.807) is 0 Å². The summed E-state index contributed by atoms with van der Waals surface area (Å²) in [4.78, 5) is 12.4. The van der Waals surface area contributed by atoms with Crippen molar-refractivity contribution in [3.05, 3.63) is 11.6 Å². The molecule has 6 atom stereocenters. The molecule has 1 radical (unpaired) electrons. The molecule has 0 saturated heterocycles. The van der Waals surface area contributed by atoms with Gasteiger partial charge in [-0.25, -0.2) is 0 Å². The number of fused-ring (bicyclic) bond motifs is 5. The van der Waals surface area contributed by atoms with Crippen LogP contribution in [0.3, 0.4) is 0 Å². The van der Waals surface area contributed by atoms with Gasteiger partial charge in [-0.2, -0.15) is 0 Å². The Bertz CT molecular complexity index is 514. The van der Waals surface area contributed by atoms with E-state index in [0.29, 0.717) is 23.0 Å². The minimum atomic E-state index is -0.122. The largest absolute Gasteiger partial charge is 0.393 e. The molecule has 22 heavy (non-hydrogen) atoms. The van der Waals surface area contributed by atoms with E-state index in [4.69, 9.17) is 0 Å². The number of hydrogen-bond acceptors (Lipinski definition) is 2. The fourth-order valence-corrected chi connectivity index (χ4v) is 6.41. The molecule has 0 bridgehead atoms. The van der Waals surface area contributed by atoms with Crippen LogP contribution in [0.2, 0.25) is 0 Å². The summed E-state index contributed by atoms with van der Waals surface area (Å²) in [6.07, 6.45) is 10.7. The van der Waals surface area contributed by atoms with E-state index in [1.165, 1.54) is 12.0 Å². The maximum Gasteiger partial charge on any atom is 0.139 e. The molecule has 3 fully saturated rings. The first-order chi connectivity index (χ1) is 9.95. The zero-order chi connectivity index (χ0) is 14.8. The van der Waals surface area contributed by atoms with Crippen molar-refractivity contribution in [2.45, 2.75) is 71.3 Å². The van der Waals surface area contributed by atoms with E-state index in [9.17, 15) is 9.90 Å². The van der Waals surface area contributed by atoms with Crippen molar-refractivity contribution in [2.24, 2.45) is 28.6 Å². The van der Waals surface area contributed by atoms with Gasteiger partial charge in [0.1, 0.15) is 5.78 Å². The van der Waals surface area contributed by atoms with Crippen molar-refractivity contribution in [1.29, 1.82) is 0 Å². The maximum atomic E-state index is 12.4. The van der Waals surface area contributed by atoms with Crippen LogP contribution in [0.1, 0.15) is 65.2 Å². The van der Waals surface area contributed by atoms with E-state index in [1.807, 2.05) is 0 Å². The number of rotatable bonds is 0. The number of carbonyl (C=O) groups is 1. The van der Waals surface area contributed by atoms with E-state index in [2.05, 4.69) is 19.9 Å². The number of hydrogen-bond donors (Lipinski definition) is 1. The summed E-state index contributed by atoms with van der Waals surface area (Å²) in [5, 5.41) is 10.00. The first-order valence-corrected chi connectivity index (χ1v) is 8.86. The number of ketones is 1. The second-order valence-corrected chi connectivity index (χ2v) is 8.57. The van der Waals surface area contributed by atoms with Crippen LogP contribution in [0.15, 0.2) is 11.6 Å². The van der Waals surface area contributed by atoms with Crippen LogP contribution in [0.25, 0.3) is 0 Å². The Balaban J connectivity index is 0.00000144. The molecule has 0 aromatic rings. The third-order valence-corrected chi connectivity index (χ3v) is 7.79. The molecule has 4 aliphatic rings. The molecule has 4 rings (SSSR count). The molecule has 0 aromatic heterocycles. The van der Waals surface area contributed by atoms with Gasteiger partial charge in [-0.1, -0.05) is 25.5 Å². The van der Waals surface area contributed by atoms with Gasteiger partial charge < -0.3 is 5.11 Å². The zero-order valence-electron chi connectivity index (χ0n) is 14.0. The molecule has 4 aliphatic carbocycles. The van der Waals surface area contributed by atoms with Gasteiger partial charge in [0.05, 0.1) is 6.10 Å². The average Bonchev–Trinajstić information content (AvgIpc) is 2.76. The summed E-state index contributed by atoms with van der Waals surface area (Å²) in [5.41, 5.74) is 1.81. The Kier molecular flexibility index (Phi) is 4.78. The Labute approximate surface area is 170 Å². The summed E-state index contributed by atoms with van der Waals surface area (Å²) in [5.74, 6) is 2.60. The molecule has 6 unspecified atom stereocenters. The van der Waals surface area contributed by atoms with Crippen LogP contribution in [0, 0.1) is 72.6 Å². The first-order valence-electron chi connectivity index (χ1n) is 8.86. The summed E-state index contributed by atoms with van der Waals surface area (Å²) < 4.78 is 0. The van der Waals surface area contributed by atoms with Crippen LogP contribution in [-0.2, 0) is 4.79 Å². The van der Waals surface area contributed by atoms with E-state index in [-0.39, 0.29) is 55.6 Å². The molecule has 1 N–H and O–H groups in total. The Morgan fingerprint density at radius 1 is 1.09 bits per heavy atom. The third kappa shape index (κ3) is 2.36. The van der Waals surface area contributed by atoms with E-state index >= 15 is 0 Å². The van der Waals surface area contributed by atoms with Gasteiger partial charge in [-0.05, 0) is 68.1 Å². The molecule has 3 saturated carbocycles. The van der Waals surface area contributed by atoms with Gasteiger partial charge >= 0.3 is 0 Å². The van der Waals surface area contributed by atoms with E-state index in [0.717, 1.165) is 50.9 Å². The normalized spacial score (nSPS) is 50.3. The molecule has 119 valence electrons. The standard InChI is InChI=1S/C19H28O2.Ac/c1-18-9-7-13(20)11-12(18)3-4-14-15-5-6-17(21)19(15,2)10-8-16(14)18;/h3,13-16,20H,4-11H2,1-2H3;. The zero-order valence-corrected chi connectivity index (χ0v) is 18.7. The first kappa shape index (κ1) is 17.6. The van der Waals surface area contributed by atoms with Crippen LogP contribution in [-0.4, -0.2) is 17.0 Å². The number of aliphatic hydroxyl groups excluding tert-OH is 1. The molecule has 0 aromatic carbocycles. The van der Waals surface area contributed by atoms with Gasteiger partial charge in [0, 0.05) is 55.9 Å². The van der Waals surface area contributed by atoms with E-state index < -0.39 is 0 Å². The van der Waals surface area contributed by atoms with Crippen LogP contribution in [0.5, 0.6) is 0 Å². The van der Waals surface area contributed by atoms with Crippen LogP contribution in [0.4, 0.5) is 0 Å². The van der Waals surface area contributed by atoms with Crippen molar-refractivity contribution in [2.75, 3.05) is 0 Å². The molecule has 0 spiro atoms. The predicted octanol–water partition coefficient (Wildman–Crippen LogP) is 3.88. The molecule has 0 heterocycles. The minimum Gasteiger partial charge on any atom is -0.393 e. The summed E-state index contributed by atoms with van der Waals surface area (Å²) in [6.45, 7) is 4.69. The minimum absolute atomic E-state index is 0. The molecule has 0 aliphatic heterocycles. The summed E-state index contributed by atoms with van der Waals surface area (Å²) >= 11 is 0. The molecule has 2 nitrogen and oxygen atoms in total. The van der Waals surface area contributed by atoms with Crippen molar-refractivity contribution >= 4 is 5.78 Å². The van der Waals surface area contributed by atoms with Crippen LogP contribution >= 0.6 is 0 Å². The quantitative estimate of drug-likeness (QED) is 0.498. The maximum absolute atomic E-state index is 12.4. The summed E-state index contributed by atoms with van der Waals surface area (Å²) in [6, 6.07) is 0. The summed E-state index contributed by atoms with van der Waals surface area (Å²) in [7, 11) is 0. The second-order valence-electron chi connectivity index (χ2n) is 8.57. The number of aliphatic hydroxyl groups is 1. The van der Waals surface area contributed by atoms with Crippen molar-refractivity contribution in [1.82, 2.24) is 0 Å². The Morgan fingerprint density at radius 3 is 2.55 bits per heavy atom. The smallest absolute Gasteiger partial charge is 0.139 e. The number of carbonyl (C=O) groups excluding carboxylic acids is 1. The van der Waals surface area contributed by atoms with Crippen molar-refractivity contribution in [3.63, 3.8) is 0 Å². The topological polar surface area (TPSA) is 37.3 Å². The van der Waals surface area contributed by atoms with Crippen LogP contribution < -0.4 is 0 Å². The third-order valence-electron chi connectivity index (χ3n) is 7.79. The van der Waals surface area contributed by atoms with Crippen molar-refractivity contribution < 1.29 is 54.0 Å². The fourth-order valence-electron chi connectivity index (χ4n) is 6.41. The molecular weight excluding hydrogens is 487 g/mol. The number of Topliss-reactive ketones (excluding diaryl/α,β-unsaturated/α-hetero) is 1. The SMILES string of the molecule is CC12CCC3C(CC=C4CC(O)CCC43C)C1CCC2=O.[Ac]. The molecule has 0 amide bonds. The number of allylic oxidation sites excluding steroid dienone is 1. The van der Waals surface area contributed by atoms with Gasteiger partial charge in [-0.15, -0.1) is 0 Å². The van der Waals surface area contributed by atoms with Gasteiger partial charge in [0.2, 0.25) is 0 Å². The monoisotopic (exact) mass is 515 g/mol. The van der Waals surface area contributed by atoms with Gasteiger partial charge in [0.25, 0.3) is 0 Å². The second kappa shape index (κ2) is 5.96. The van der Waals surface area contributed by atoms with Crippen molar-refractivity contribution in [3.8, 4) is 0 Å². The fraction of sp³-hybridized carbons (Fsp3) is 0.842. The molecular formula is C19H28AcO2. The van der Waals surface area contributed by atoms with Gasteiger partial charge in [-0.3, -0.25) is 4.79 Å². The Morgan fingerprint density at radius 2 is 1.77 bits per heavy atom. The Hall–Kier alpha value is 0.812. The predicted molar refractivity (Wildman–Crippen MR) is 82.7 cm³/mol. The van der Waals surface area contributed by atoms with Gasteiger partial charge in [0.15, 0.2) is 0 Å². The molecule has 3 heteroatoms. The average molecular weight is 515 g/mol.